The number of nitro groups is 1. The van der Waals surface area contributed by atoms with Gasteiger partial charge >= 0.3 is 6.18 Å². The second kappa shape index (κ2) is 12.3. The summed E-state index contributed by atoms with van der Waals surface area (Å²) in [6.45, 7) is 12.7. The van der Waals surface area contributed by atoms with E-state index in [0.29, 0.717) is 44.2 Å². The number of nitro benzene ring substituents is 1. The van der Waals surface area contributed by atoms with Crippen LogP contribution in [0.2, 0.25) is 0 Å². The van der Waals surface area contributed by atoms with Crippen molar-refractivity contribution >= 4 is 23.0 Å². The Morgan fingerprint density at radius 2 is 1.63 bits per heavy atom. The van der Waals surface area contributed by atoms with Gasteiger partial charge in [0, 0.05) is 75.7 Å². The molecule has 2 atom stereocenters. The molecule has 0 spiro atoms. The Bertz CT molecular complexity index is 1290. The molecule has 8 nitrogen and oxygen atoms in total. The van der Waals surface area contributed by atoms with Crippen LogP contribution in [0.15, 0.2) is 42.5 Å². The van der Waals surface area contributed by atoms with Gasteiger partial charge in [-0.15, -0.1) is 0 Å². The number of carbonyl (C=O) groups excluding carboxylic acids is 1. The van der Waals surface area contributed by atoms with Crippen LogP contribution in [0.4, 0.5) is 30.2 Å². The number of halogens is 3. The molecular weight excluding hydrogens is 559 g/mol. The Morgan fingerprint density at radius 1 is 1.00 bits per heavy atom. The maximum Gasteiger partial charge on any atom is 0.423 e. The fourth-order valence-corrected chi connectivity index (χ4v) is 6.74. The van der Waals surface area contributed by atoms with Crippen molar-refractivity contribution in [3.63, 3.8) is 0 Å². The summed E-state index contributed by atoms with van der Waals surface area (Å²) in [5.74, 6) is 1.34. The lowest BCUT2D eigenvalue weighted by atomic mass is 9.82. The van der Waals surface area contributed by atoms with E-state index in [-0.39, 0.29) is 23.1 Å². The summed E-state index contributed by atoms with van der Waals surface area (Å²) < 4.78 is 40.0. The van der Waals surface area contributed by atoms with Crippen molar-refractivity contribution in [2.45, 2.75) is 64.1 Å². The van der Waals surface area contributed by atoms with Crippen LogP contribution in [0.1, 0.15) is 57.6 Å². The first-order valence-corrected chi connectivity index (χ1v) is 15.3. The maximum absolute atomic E-state index is 13.3. The molecule has 0 aromatic heterocycles. The van der Waals surface area contributed by atoms with Crippen LogP contribution < -0.4 is 10.2 Å². The average Bonchev–Trinajstić information content (AvgIpc) is 3.55. The highest BCUT2D eigenvalue weighted by molar-refractivity contribution is 5.76. The van der Waals surface area contributed by atoms with Gasteiger partial charge in [-0.05, 0) is 66.3 Å². The topological polar surface area (TPSA) is 82.0 Å². The van der Waals surface area contributed by atoms with Gasteiger partial charge in [-0.1, -0.05) is 32.9 Å². The molecule has 0 radical (unpaired) electrons. The van der Waals surface area contributed by atoms with Crippen LogP contribution in [-0.2, 0) is 16.4 Å². The molecule has 43 heavy (non-hydrogen) atoms. The number of rotatable bonds is 9. The molecule has 2 unspecified atom stereocenters. The lowest BCUT2D eigenvalue weighted by molar-refractivity contribution is -0.388. The van der Waals surface area contributed by atoms with Crippen LogP contribution in [0.25, 0.3) is 0 Å². The Morgan fingerprint density at radius 3 is 2.19 bits per heavy atom. The zero-order chi connectivity index (χ0) is 30.9. The number of hydrogen-bond acceptors (Lipinski definition) is 6. The number of nitrogens with one attached hydrogen (secondary N) is 1. The Balaban J connectivity index is 1.04. The van der Waals surface area contributed by atoms with Crippen LogP contribution in [-0.4, -0.2) is 72.5 Å². The number of anilines is 2. The molecule has 2 aromatic rings. The summed E-state index contributed by atoms with van der Waals surface area (Å²) in [5, 5.41) is 14.1. The number of benzene rings is 2. The van der Waals surface area contributed by atoms with E-state index in [1.54, 1.807) is 0 Å². The monoisotopic (exact) mass is 601 g/mol. The number of fused-ring (bicyclic) bond motifs is 1. The van der Waals surface area contributed by atoms with Crippen molar-refractivity contribution in [2.75, 3.05) is 56.0 Å². The van der Waals surface area contributed by atoms with Gasteiger partial charge in [-0.25, -0.2) is 0 Å². The molecule has 11 heteroatoms. The molecule has 3 heterocycles. The van der Waals surface area contributed by atoms with Crippen LogP contribution >= 0.6 is 0 Å². The lowest BCUT2D eigenvalue weighted by Crippen LogP contribution is -2.43. The van der Waals surface area contributed by atoms with Crippen LogP contribution in [0.3, 0.4) is 0 Å². The molecular formula is C32H42F3N5O3. The summed E-state index contributed by atoms with van der Waals surface area (Å²) in [6, 6.07) is 11.9. The average molecular weight is 602 g/mol. The SMILES string of the molecule is CCC(C)(C)c1ccc(N2CC3CN(CCC(=O)N4CCC(Nc5ccc([N+](=O)[O-])c(C(F)(F)F)c5)CC4)CC3C2)cc1. The molecule has 234 valence electrons. The number of piperidine rings is 1. The quantitative estimate of drug-likeness (QED) is 0.274. The molecule has 3 aliphatic heterocycles. The van der Waals surface area contributed by atoms with E-state index in [2.05, 4.69) is 60.2 Å². The largest absolute Gasteiger partial charge is 0.423 e. The molecule has 3 aliphatic rings. The van der Waals surface area contributed by atoms with Crippen molar-refractivity contribution in [1.82, 2.24) is 9.80 Å². The van der Waals surface area contributed by atoms with E-state index >= 15 is 0 Å². The molecule has 5 rings (SSSR count). The number of amides is 1. The summed E-state index contributed by atoms with van der Waals surface area (Å²) in [7, 11) is 0. The third-order valence-electron chi connectivity index (χ3n) is 9.82. The third-order valence-corrected chi connectivity index (χ3v) is 9.82. The first kappa shape index (κ1) is 31.1. The predicted octanol–water partition coefficient (Wildman–Crippen LogP) is 6.16. The van der Waals surface area contributed by atoms with Crippen LogP contribution in [0, 0.1) is 22.0 Å². The van der Waals surface area contributed by atoms with Gasteiger partial charge in [-0.2, -0.15) is 13.2 Å². The highest BCUT2D eigenvalue weighted by atomic mass is 19.4. The van der Waals surface area contributed by atoms with Gasteiger partial charge in [0.1, 0.15) is 5.56 Å². The first-order valence-electron chi connectivity index (χ1n) is 15.3. The smallest absolute Gasteiger partial charge is 0.382 e. The molecule has 2 aromatic carbocycles. The fourth-order valence-electron chi connectivity index (χ4n) is 6.74. The molecule has 0 saturated carbocycles. The van der Waals surface area contributed by atoms with Gasteiger partial charge in [0.05, 0.1) is 4.92 Å². The van der Waals surface area contributed by atoms with Gasteiger partial charge < -0.3 is 20.0 Å². The minimum absolute atomic E-state index is 0.109. The molecule has 0 bridgehead atoms. The van der Waals surface area contributed by atoms with E-state index in [1.807, 2.05) is 4.90 Å². The number of nitrogens with zero attached hydrogens (tertiary/aromatic N) is 4. The normalized spacial score (nSPS) is 21.7. The van der Waals surface area contributed by atoms with E-state index in [9.17, 15) is 28.1 Å². The minimum atomic E-state index is -4.82. The zero-order valence-electron chi connectivity index (χ0n) is 25.2. The molecule has 3 fully saturated rings. The van der Waals surface area contributed by atoms with E-state index in [0.717, 1.165) is 51.3 Å². The Labute approximate surface area is 251 Å². The van der Waals surface area contributed by atoms with Gasteiger partial charge in [0.15, 0.2) is 0 Å². The van der Waals surface area contributed by atoms with Gasteiger partial charge in [-0.3, -0.25) is 14.9 Å². The van der Waals surface area contributed by atoms with Gasteiger partial charge in [0.25, 0.3) is 5.69 Å². The maximum atomic E-state index is 13.3. The summed E-state index contributed by atoms with van der Waals surface area (Å²) in [4.78, 5) is 29.7. The van der Waals surface area contributed by atoms with E-state index in [1.165, 1.54) is 17.3 Å². The highest BCUT2D eigenvalue weighted by Crippen LogP contribution is 2.38. The summed E-state index contributed by atoms with van der Waals surface area (Å²) in [5.41, 5.74) is 0.818. The number of hydrogen-bond donors (Lipinski definition) is 1. The highest BCUT2D eigenvalue weighted by Gasteiger charge is 2.41. The van der Waals surface area contributed by atoms with Crippen LogP contribution in [0.5, 0.6) is 0 Å². The second-order valence-corrected chi connectivity index (χ2v) is 13.0. The predicted molar refractivity (Wildman–Crippen MR) is 161 cm³/mol. The number of carbonyl (C=O) groups is 1. The second-order valence-electron chi connectivity index (χ2n) is 13.0. The zero-order valence-corrected chi connectivity index (χ0v) is 25.2. The summed E-state index contributed by atoms with van der Waals surface area (Å²) >= 11 is 0. The first-order chi connectivity index (χ1) is 20.3. The Kier molecular flexibility index (Phi) is 8.92. The lowest BCUT2D eigenvalue weighted by Gasteiger charge is -2.33. The van der Waals surface area contributed by atoms with Crippen molar-refractivity contribution in [2.24, 2.45) is 11.8 Å². The van der Waals surface area contributed by atoms with Crippen molar-refractivity contribution in [1.29, 1.82) is 0 Å². The van der Waals surface area contributed by atoms with Gasteiger partial charge in [0.2, 0.25) is 5.91 Å². The molecule has 1 N–H and O–H groups in total. The third kappa shape index (κ3) is 7.08. The molecule has 0 aliphatic carbocycles. The fraction of sp³-hybridized carbons (Fsp3) is 0.594. The minimum Gasteiger partial charge on any atom is -0.382 e. The Hall–Kier alpha value is -3.34. The van der Waals surface area contributed by atoms with E-state index in [4.69, 9.17) is 0 Å². The van der Waals surface area contributed by atoms with Crippen molar-refractivity contribution in [3.8, 4) is 0 Å². The number of alkyl halides is 3. The van der Waals surface area contributed by atoms with Crippen molar-refractivity contribution < 1.29 is 22.9 Å². The molecule has 1 amide bonds. The standard InChI is InChI=1S/C32H42F3N5O3/c1-4-31(2,3)24-5-8-27(9-6-24)39-20-22-18-37(19-23(22)21-39)14-13-30(41)38-15-11-25(12-16-38)36-26-7-10-29(40(42)43)28(17-26)32(33,34)35/h5-10,17,22-23,25,36H,4,11-16,18-21H2,1-3H3. The molecule has 3 saturated heterocycles. The van der Waals surface area contributed by atoms with Crippen molar-refractivity contribution in [3.05, 3.63) is 63.7 Å². The number of likely N-dealkylation sites (tertiary alicyclic amines) is 2. The summed E-state index contributed by atoms with van der Waals surface area (Å²) in [6.07, 6.45) is -2.04. The van der Waals surface area contributed by atoms with E-state index < -0.39 is 22.4 Å².